The van der Waals surface area contributed by atoms with E-state index in [1.807, 2.05) is 0 Å². The minimum Gasteiger partial charge on any atom is -0.458 e. The molecule has 26 heteroatoms. The predicted octanol–water partition coefficient (Wildman–Crippen LogP) is 2.81. The minimum absolute atomic E-state index is 0.0239. The summed E-state index contributed by atoms with van der Waals surface area (Å²) in [6, 6.07) is 16.6. The lowest BCUT2D eigenvalue weighted by Crippen LogP contribution is -2.52. The first-order valence-electron chi connectivity index (χ1n) is 29.4. The number of fused-ring (bicyclic) bond motifs is 5. The zero-order valence-corrected chi connectivity index (χ0v) is 49.4. The summed E-state index contributed by atoms with van der Waals surface area (Å²) >= 11 is 0. The number of benzene rings is 3. The number of unbranched alkanes of at least 4 members (excludes halogenated alkanes) is 2. The van der Waals surface area contributed by atoms with Crippen molar-refractivity contribution in [3.63, 3.8) is 0 Å². The molecule has 0 bridgehead atoms. The van der Waals surface area contributed by atoms with Crippen LogP contribution in [0.2, 0.25) is 0 Å². The van der Waals surface area contributed by atoms with Crippen molar-refractivity contribution in [3.8, 4) is 11.4 Å². The van der Waals surface area contributed by atoms with E-state index in [0.717, 1.165) is 16.0 Å². The van der Waals surface area contributed by atoms with Crippen LogP contribution in [0.4, 0.5) is 14.9 Å². The number of likely N-dealkylation sites (N-methyl/N-ethyl adjacent to an activating group) is 1. The van der Waals surface area contributed by atoms with Crippen LogP contribution in [0.5, 0.6) is 0 Å². The maximum Gasteiger partial charge on any atom is 0.409 e. The van der Waals surface area contributed by atoms with Gasteiger partial charge in [-0.25, -0.2) is 19.0 Å². The largest absolute Gasteiger partial charge is 0.458 e. The van der Waals surface area contributed by atoms with Crippen LogP contribution in [0.3, 0.4) is 0 Å². The highest BCUT2D eigenvalue weighted by atomic mass is 19.1. The molecule has 0 spiro atoms. The van der Waals surface area contributed by atoms with Gasteiger partial charge < -0.3 is 60.7 Å². The number of esters is 1. The molecule has 9 amide bonds. The van der Waals surface area contributed by atoms with Crippen molar-refractivity contribution < 1.29 is 71.7 Å². The first-order chi connectivity index (χ1) is 42.7. The quantitative estimate of drug-likeness (QED) is 0.0222. The Morgan fingerprint density at radius 2 is 1.54 bits per heavy atom. The number of halogens is 1. The Hall–Kier alpha value is -9.69. The summed E-state index contributed by atoms with van der Waals surface area (Å²) in [7, 11) is 1.53. The first-order valence-corrected chi connectivity index (χ1v) is 29.4. The molecule has 3 aromatic carbocycles. The average molecular weight is 1230 g/mol. The molecule has 0 unspecified atom stereocenters. The molecule has 0 fully saturated rings. The highest BCUT2D eigenvalue weighted by molar-refractivity contribution is 6.12. The van der Waals surface area contributed by atoms with Gasteiger partial charge in [0.05, 0.1) is 67.9 Å². The average Bonchev–Trinajstić information content (AvgIpc) is 1.65. The number of ether oxygens (including phenoxy) is 3. The van der Waals surface area contributed by atoms with Crippen molar-refractivity contribution in [2.75, 3.05) is 58.3 Å². The summed E-state index contributed by atoms with van der Waals surface area (Å²) in [6.45, 7) is 2.16. The van der Waals surface area contributed by atoms with Gasteiger partial charge >= 0.3 is 12.1 Å². The number of cyclic esters (lactones) is 1. The Kier molecular flexibility index (Phi) is 20.4. The molecular weight excluding hydrogens is 1160 g/mol. The molecule has 5 aromatic rings. The van der Waals surface area contributed by atoms with Gasteiger partial charge in [-0.2, -0.15) is 0 Å². The second-order valence-corrected chi connectivity index (χ2v) is 22.1. The van der Waals surface area contributed by atoms with Gasteiger partial charge in [0.25, 0.3) is 17.4 Å². The van der Waals surface area contributed by atoms with Crippen molar-refractivity contribution in [1.82, 2.24) is 45.9 Å². The second-order valence-electron chi connectivity index (χ2n) is 22.1. The van der Waals surface area contributed by atoms with E-state index in [1.54, 1.807) is 74.5 Å². The van der Waals surface area contributed by atoms with Crippen LogP contribution in [0, 0.1) is 12.7 Å². The van der Waals surface area contributed by atoms with Crippen LogP contribution < -0.4 is 37.5 Å². The van der Waals surface area contributed by atoms with Crippen molar-refractivity contribution in [2.45, 2.75) is 109 Å². The van der Waals surface area contributed by atoms with Crippen molar-refractivity contribution in [2.24, 2.45) is 0 Å². The lowest BCUT2D eigenvalue weighted by atomic mass is 9.81. The fourth-order valence-electron chi connectivity index (χ4n) is 11.2. The number of carbonyl (C=O) groups excluding carboxylic acids is 10. The number of rotatable bonds is 27. The minimum atomic E-state index is -2.03. The standard InChI is InChI=1S/C63H69FN10O15/c1-4-63(86)43-28-48-58-41(33-74(48)60(83)42(43)35-88-61(63)84)57-45(19-18-40-36(2)44(64)29-46(71-58)56(40)57)69-50(76)22-25-87-26-24-72(3)62(85)89-34-38-14-16-39(17-15-38)68-52(78)32-67-59(82)47(27-37-11-7-5-8-12-37)70-53(79)31-66-51(77)30-65-49(75)13-9-6-10-23-73-54(80)20-21-55(73)81/h5,7-8,11-12,14-17,20-21,28-29,45,47,86H,4,6,9-10,13,18-19,22-27,30-35H2,1-3H3,(H,65,75)(H,66,77)(H,67,82)(H,68,78)(H,69,76)(H,70,79)/t45-,47-,63-/m0/s1. The number of carbonyl (C=O) groups is 10. The van der Waals surface area contributed by atoms with Crippen LogP contribution >= 0.6 is 0 Å². The molecule has 9 rings (SSSR count). The number of imide groups is 1. The van der Waals surface area contributed by atoms with Crippen LogP contribution in [0.25, 0.3) is 22.3 Å². The summed E-state index contributed by atoms with van der Waals surface area (Å²) in [5, 5.41) is 27.9. The zero-order valence-electron chi connectivity index (χ0n) is 49.4. The Labute approximate surface area is 510 Å². The summed E-state index contributed by atoms with van der Waals surface area (Å²) in [6.07, 6.45) is 4.36. The molecule has 7 N–H and O–H groups in total. The van der Waals surface area contributed by atoms with E-state index in [0.29, 0.717) is 82.3 Å². The highest BCUT2D eigenvalue weighted by Gasteiger charge is 2.46. The van der Waals surface area contributed by atoms with E-state index in [-0.39, 0.29) is 101 Å². The molecule has 5 heterocycles. The van der Waals surface area contributed by atoms with Gasteiger partial charge in [0, 0.05) is 79.8 Å². The molecule has 0 radical (unpaired) electrons. The number of nitrogens with zero attached hydrogens (tertiary/aromatic N) is 4. The van der Waals surface area contributed by atoms with Gasteiger partial charge in [-0.05, 0) is 85.0 Å². The Morgan fingerprint density at radius 3 is 2.28 bits per heavy atom. The van der Waals surface area contributed by atoms with Gasteiger partial charge in [0.2, 0.25) is 35.4 Å². The van der Waals surface area contributed by atoms with E-state index in [2.05, 4.69) is 31.9 Å². The molecule has 1 aliphatic carbocycles. The van der Waals surface area contributed by atoms with Gasteiger partial charge in [-0.1, -0.05) is 55.8 Å². The molecule has 2 aromatic heterocycles. The van der Waals surface area contributed by atoms with Gasteiger partial charge in [-0.3, -0.25) is 48.1 Å². The number of hydrogen-bond acceptors (Lipinski definition) is 16. The number of pyridine rings is 2. The van der Waals surface area contributed by atoms with E-state index in [1.165, 1.54) is 34.7 Å². The van der Waals surface area contributed by atoms with Crippen LogP contribution in [0.1, 0.15) is 102 Å². The van der Waals surface area contributed by atoms with E-state index >= 15 is 4.39 Å². The molecule has 25 nitrogen and oxygen atoms in total. The number of aliphatic hydroxyl groups is 1. The third kappa shape index (κ3) is 15.0. The maximum absolute atomic E-state index is 15.4. The monoisotopic (exact) mass is 1220 g/mol. The van der Waals surface area contributed by atoms with Crippen molar-refractivity contribution in [1.29, 1.82) is 0 Å². The van der Waals surface area contributed by atoms with E-state index in [4.69, 9.17) is 19.2 Å². The first kappa shape index (κ1) is 63.8. The fraction of sp³-hybridized carbons (Fsp3) is 0.397. The lowest BCUT2D eigenvalue weighted by Gasteiger charge is -2.31. The lowest BCUT2D eigenvalue weighted by molar-refractivity contribution is -0.172. The molecule has 89 heavy (non-hydrogen) atoms. The number of aryl methyl sites for hydroxylation is 1. The zero-order chi connectivity index (χ0) is 63.5. The number of anilines is 1. The fourth-order valence-corrected chi connectivity index (χ4v) is 11.2. The SMILES string of the molecule is CC[C@@]1(O)C(=O)OCc2c1cc1n(c2=O)Cc2c-1nc1cc(F)c(C)c3c1c2[C@@H](NC(=O)CCOCCN(C)C(=O)OCc1ccc(NC(=O)CNC(=O)[C@H](Cc2ccccc2)NC(=O)CNC(=O)CNC(=O)CCCCCN2C(=O)C=CC2=O)cc1)CC3. The summed E-state index contributed by atoms with van der Waals surface area (Å²) < 4.78 is 33.3. The topological polar surface area (TPSA) is 332 Å². The number of nitrogens with one attached hydrogen (secondary N) is 6. The van der Waals surface area contributed by atoms with Gasteiger partial charge in [0.15, 0.2) is 5.60 Å². The Bertz CT molecular complexity index is 3710. The van der Waals surface area contributed by atoms with E-state index in [9.17, 15) is 57.8 Å². The van der Waals surface area contributed by atoms with Crippen LogP contribution in [-0.4, -0.2) is 143 Å². The van der Waals surface area contributed by atoms with Gasteiger partial charge in [0.1, 0.15) is 25.1 Å². The Balaban J connectivity index is 0.676. The number of aromatic nitrogens is 2. The summed E-state index contributed by atoms with van der Waals surface area (Å²) in [5.74, 6) is -5.32. The maximum atomic E-state index is 15.4. The molecule has 4 aliphatic rings. The van der Waals surface area contributed by atoms with Crippen molar-refractivity contribution >= 4 is 75.9 Å². The van der Waals surface area contributed by atoms with Crippen LogP contribution in [-0.2, 0) is 95.6 Å². The normalized spacial score (nSPS) is 16.3. The summed E-state index contributed by atoms with van der Waals surface area (Å²) in [4.78, 5) is 148. The molecule has 468 valence electrons. The molecule has 0 saturated heterocycles. The third-order valence-electron chi connectivity index (χ3n) is 16.1. The number of amides is 9. The molecule has 0 saturated carbocycles. The Morgan fingerprint density at radius 1 is 0.820 bits per heavy atom. The second kappa shape index (κ2) is 28.4. The smallest absolute Gasteiger partial charge is 0.409 e. The highest BCUT2D eigenvalue weighted by Crippen LogP contribution is 2.46. The molecule has 3 atom stereocenters. The summed E-state index contributed by atoms with van der Waals surface area (Å²) in [5.41, 5.74) is 3.29. The molecular formula is C63H69FN10O15. The van der Waals surface area contributed by atoms with E-state index < -0.39 is 90.3 Å². The predicted molar refractivity (Wildman–Crippen MR) is 317 cm³/mol. The van der Waals surface area contributed by atoms with Crippen LogP contribution in [0.15, 0.2) is 83.7 Å². The molecule has 3 aliphatic heterocycles. The van der Waals surface area contributed by atoms with Crippen molar-refractivity contribution in [3.05, 3.63) is 140 Å². The van der Waals surface area contributed by atoms with Gasteiger partial charge in [-0.15, -0.1) is 0 Å². The number of hydrogen-bond donors (Lipinski definition) is 7. The third-order valence-corrected chi connectivity index (χ3v) is 16.1.